The van der Waals surface area contributed by atoms with Crippen molar-refractivity contribution < 1.29 is 4.39 Å². The lowest BCUT2D eigenvalue weighted by Crippen LogP contribution is -1.86. The Kier molecular flexibility index (Phi) is 2.64. The summed E-state index contributed by atoms with van der Waals surface area (Å²) in [7, 11) is 0. The largest absolute Gasteiger partial charge is 0.346 e. The fraction of sp³-hybridized carbons (Fsp3) is 0.0833. The molecule has 0 saturated carbocycles. The molecule has 1 nitrogen and oxygen atoms in total. The first-order valence-electron chi connectivity index (χ1n) is 4.62. The van der Waals surface area contributed by atoms with Crippen molar-refractivity contribution in [3.05, 3.63) is 52.4 Å². The molecule has 1 N–H and O–H groups in total. The fourth-order valence-electron chi connectivity index (χ4n) is 1.51. The molecule has 2 rings (SSSR count). The molecule has 0 aliphatic carbocycles. The van der Waals surface area contributed by atoms with E-state index >= 15 is 0 Å². The van der Waals surface area contributed by atoms with E-state index in [1.54, 1.807) is 6.07 Å². The van der Waals surface area contributed by atoms with Crippen molar-refractivity contribution in [2.24, 2.45) is 0 Å². The number of aryl methyl sites for hydroxylation is 1. The van der Waals surface area contributed by atoms with Crippen LogP contribution < -0.4 is 0 Å². The number of hydrogen-bond acceptors (Lipinski definition) is 1. The second-order valence-electron chi connectivity index (χ2n) is 3.45. The van der Waals surface area contributed by atoms with Crippen LogP contribution in [0.15, 0.2) is 36.4 Å². The van der Waals surface area contributed by atoms with Gasteiger partial charge in [-0.25, -0.2) is 4.39 Å². The lowest BCUT2D eigenvalue weighted by Gasteiger charge is -2.03. The molecule has 0 amide bonds. The summed E-state index contributed by atoms with van der Waals surface area (Å²) in [5.41, 5.74) is 2.55. The minimum absolute atomic E-state index is 0.229. The van der Waals surface area contributed by atoms with E-state index in [0.29, 0.717) is 4.64 Å². The molecule has 0 fully saturated rings. The van der Waals surface area contributed by atoms with E-state index in [1.807, 2.05) is 25.1 Å². The van der Waals surface area contributed by atoms with Crippen LogP contribution in [-0.4, -0.2) is 4.98 Å². The van der Waals surface area contributed by atoms with E-state index < -0.39 is 0 Å². The summed E-state index contributed by atoms with van der Waals surface area (Å²) in [5, 5.41) is 0. The quantitative estimate of drug-likeness (QED) is 0.720. The summed E-state index contributed by atoms with van der Waals surface area (Å²) in [6, 6.07) is 10.4. The molecule has 1 heterocycles. The normalized spacial score (nSPS) is 10.3. The molecule has 0 spiro atoms. The standard InChI is InChI=1S/C12H10FNS/c1-8-5-9(7-10(13)6-8)11-3-2-4-12(15)14-11/h2-7H,1H3,(H,14,15). The minimum Gasteiger partial charge on any atom is -0.346 e. The number of benzene rings is 1. The van der Waals surface area contributed by atoms with Gasteiger partial charge in [-0.15, -0.1) is 0 Å². The third kappa shape index (κ3) is 2.30. The Labute approximate surface area is 92.6 Å². The summed E-state index contributed by atoms with van der Waals surface area (Å²) < 4.78 is 13.8. The van der Waals surface area contributed by atoms with Crippen molar-refractivity contribution in [3.63, 3.8) is 0 Å². The first kappa shape index (κ1) is 10.1. The molecular formula is C12H10FNS. The number of halogens is 1. The number of hydrogen-bond donors (Lipinski definition) is 1. The van der Waals surface area contributed by atoms with Crippen molar-refractivity contribution in [1.29, 1.82) is 0 Å². The molecule has 0 aliphatic rings. The zero-order valence-electron chi connectivity index (χ0n) is 8.25. The molecule has 0 atom stereocenters. The van der Waals surface area contributed by atoms with Crippen LogP contribution in [-0.2, 0) is 0 Å². The Hall–Kier alpha value is -1.48. The van der Waals surface area contributed by atoms with Gasteiger partial charge < -0.3 is 4.98 Å². The van der Waals surface area contributed by atoms with Gasteiger partial charge in [-0.1, -0.05) is 18.3 Å². The Morgan fingerprint density at radius 3 is 2.67 bits per heavy atom. The third-order valence-electron chi connectivity index (χ3n) is 2.12. The van der Waals surface area contributed by atoms with E-state index in [2.05, 4.69) is 4.98 Å². The average Bonchev–Trinajstić information content (AvgIpc) is 2.16. The van der Waals surface area contributed by atoms with Crippen molar-refractivity contribution in [2.45, 2.75) is 6.92 Å². The van der Waals surface area contributed by atoms with Gasteiger partial charge in [-0.3, -0.25) is 0 Å². The number of aromatic nitrogens is 1. The van der Waals surface area contributed by atoms with E-state index in [9.17, 15) is 4.39 Å². The highest BCUT2D eigenvalue weighted by atomic mass is 32.1. The number of pyridine rings is 1. The average molecular weight is 219 g/mol. The lowest BCUT2D eigenvalue weighted by atomic mass is 10.1. The van der Waals surface area contributed by atoms with Crippen LogP contribution in [0.3, 0.4) is 0 Å². The number of H-pyrrole nitrogens is 1. The predicted octanol–water partition coefficient (Wildman–Crippen LogP) is 3.86. The molecular weight excluding hydrogens is 209 g/mol. The number of aromatic amines is 1. The monoisotopic (exact) mass is 219 g/mol. The second-order valence-corrected chi connectivity index (χ2v) is 3.89. The molecule has 2 aromatic rings. The summed E-state index contributed by atoms with van der Waals surface area (Å²) >= 11 is 5.02. The van der Waals surface area contributed by atoms with Gasteiger partial charge in [0.1, 0.15) is 10.5 Å². The topological polar surface area (TPSA) is 15.8 Å². The molecule has 0 aliphatic heterocycles. The Morgan fingerprint density at radius 2 is 2.00 bits per heavy atom. The van der Waals surface area contributed by atoms with Crippen molar-refractivity contribution in [1.82, 2.24) is 4.98 Å². The highest BCUT2D eigenvalue weighted by molar-refractivity contribution is 7.71. The van der Waals surface area contributed by atoms with Gasteiger partial charge in [-0.05, 0) is 42.8 Å². The first-order valence-corrected chi connectivity index (χ1v) is 5.03. The molecule has 15 heavy (non-hydrogen) atoms. The zero-order chi connectivity index (χ0) is 10.8. The van der Waals surface area contributed by atoms with E-state index in [0.717, 1.165) is 16.8 Å². The van der Waals surface area contributed by atoms with Crippen molar-refractivity contribution in [2.75, 3.05) is 0 Å². The molecule has 76 valence electrons. The summed E-state index contributed by atoms with van der Waals surface area (Å²) in [4.78, 5) is 3.03. The predicted molar refractivity (Wildman–Crippen MR) is 61.8 cm³/mol. The molecule has 0 radical (unpaired) electrons. The van der Waals surface area contributed by atoms with Crippen molar-refractivity contribution in [3.8, 4) is 11.3 Å². The van der Waals surface area contributed by atoms with Gasteiger partial charge in [-0.2, -0.15) is 0 Å². The summed E-state index contributed by atoms with van der Waals surface area (Å²) in [6.07, 6.45) is 0. The van der Waals surface area contributed by atoms with Gasteiger partial charge >= 0.3 is 0 Å². The Bertz CT molecular complexity index is 525. The smallest absolute Gasteiger partial charge is 0.124 e. The van der Waals surface area contributed by atoms with Gasteiger partial charge in [0.05, 0.1) is 0 Å². The van der Waals surface area contributed by atoms with Gasteiger partial charge in [0.25, 0.3) is 0 Å². The number of rotatable bonds is 1. The minimum atomic E-state index is -0.229. The Balaban J connectivity index is 2.58. The van der Waals surface area contributed by atoms with Crippen LogP contribution in [0.1, 0.15) is 5.56 Å². The van der Waals surface area contributed by atoms with Gasteiger partial charge in [0.15, 0.2) is 0 Å². The van der Waals surface area contributed by atoms with Crippen LogP contribution in [0, 0.1) is 17.4 Å². The first-order chi connectivity index (χ1) is 7.15. The highest BCUT2D eigenvalue weighted by Gasteiger charge is 2.00. The van der Waals surface area contributed by atoms with Crippen LogP contribution >= 0.6 is 12.2 Å². The van der Waals surface area contributed by atoms with Gasteiger partial charge in [0, 0.05) is 11.3 Å². The zero-order valence-corrected chi connectivity index (χ0v) is 9.07. The molecule has 0 bridgehead atoms. The number of nitrogens with one attached hydrogen (secondary N) is 1. The summed E-state index contributed by atoms with van der Waals surface area (Å²) in [6.45, 7) is 1.87. The molecule has 1 aromatic heterocycles. The molecule has 0 saturated heterocycles. The molecule has 3 heteroatoms. The van der Waals surface area contributed by atoms with Crippen LogP contribution in [0.4, 0.5) is 4.39 Å². The van der Waals surface area contributed by atoms with E-state index in [1.165, 1.54) is 12.1 Å². The van der Waals surface area contributed by atoms with Crippen LogP contribution in [0.5, 0.6) is 0 Å². The van der Waals surface area contributed by atoms with E-state index in [-0.39, 0.29) is 5.82 Å². The van der Waals surface area contributed by atoms with Crippen molar-refractivity contribution >= 4 is 12.2 Å². The molecule has 0 unspecified atom stereocenters. The van der Waals surface area contributed by atoms with Crippen LogP contribution in [0.2, 0.25) is 0 Å². The maximum atomic E-state index is 13.2. The SMILES string of the molecule is Cc1cc(F)cc(-c2cccc(=S)[nH]2)c1. The third-order valence-corrected chi connectivity index (χ3v) is 2.36. The lowest BCUT2D eigenvalue weighted by molar-refractivity contribution is 0.627. The van der Waals surface area contributed by atoms with Gasteiger partial charge in [0.2, 0.25) is 0 Å². The van der Waals surface area contributed by atoms with E-state index in [4.69, 9.17) is 12.2 Å². The maximum Gasteiger partial charge on any atom is 0.124 e. The summed E-state index contributed by atoms with van der Waals surface area (Å²) in [5.74, 6) is -0.229. The molecule has 1 aromatic carbocycles. The fourth-order valence-corrected chi connectivity index (χ4v) is 1.70. The highest BCUT2D eigenvalue weighted by Crippen LogP contribution is 2.19. The second kappa shape index (κ2) is 3.95. The maximum absolute atomic E-state index is 13.2. The van der Waals surface area contributed by atoms with Crippen LogP contribution in [0.25, 0.3) is 11.3 Å². The Morgan fingerprint density at radius 1 is 1.20 bits per heavy atom.